The van der Waals surface area contributed by atoms with Crippen LogP contribution in [0.5, 0.6) is 0 Å². The number of carbonyl (C=O) groups excluding carboxylic acids is 2. The minimum Gasteiger partial charge on any atom is -0.459 e. The van der Waals surface area contributed by atoms with Gasteiger partial charge in [-0.2, -0.15) is 0 Å². The number of aryl methyl sites for hydroxylation is 1. The number of aromatic nitrogens is 1. The zero-order valence-corrected chi connectivity index (χ0v) is 17.5. The molecule has 29 heavy (non-hydrogen) atoms. The van der Waals surface area contributed by atoms with Crippen LogP contribution in [0.4, 0.5) is 4.79 Å². The summed E-state index contributed by atoms with van der Waals surface area (Å²) in [5.74, 6) is 1.31. The number of furan rings is 1. The van der Waals surface area contributed by atoms with Crippen LogP contribution in [0.2, 0.25) is 0 Å². The average Bonchev–Trinajstić information content (AvgIpc) is 3.34. The van der Waals surface area contributed by atoms with Gasteiger partial charge in [-0.25, -0.2) is 9.78 Å². The first kappa shape index (κ1) is 21.0. The molecule has 0 spiro atoms. The summed E-state index contributed by atoms with van der Waals surface area (Å²) >= 11 is 0. The average molecular weight is 403 g/mol. The molecule has 2 aromatic rings. The fourth-order valence-corrected chi connectivity index (χ4v) is 3.54. The van der Waals surface area contributed by atoms with Gasteiger partial charge in [-0.1, -0.05) is 12.8 Å². The summed E-state index contributed by atoms with van der Waals surface area (Å²) in [4.78, 5) is 29.1. The molecule has 0 saturated heterocycles. The van der Waals surface area contributed by atoms with Crippen molar-refractivity contribution in [2.45, 2.75) is 70.9 Å². The number of carbonyl (C=O) groups is 2. The molecular weight excluding hydrogens is 374 g/mol. The van der Waals surface area contributed by atoms with Crippen LogP contribution in [0.25, 0.3) is 11.7 Å². The molecule has 0 aromatic carbocycles. The van der Waals surface area contributed by atoms with Gasteiger partial charge >= 0.3 is 6.09 Å². The van der Waals surface area contributed by atoms with E-state index in [1.54, 1.807) is 25.3 Å². The first-order chi connectivity index (χ1) is 13.7. The first-order valence-electron chi connectivity index (χ1n) is 9.94. The molecule has 0 aliphatic heterocycles. The second kappa shape index (κ2) is 8.31. The third-order valence-electron chi connectivity index (χ3n) is 4.89. The molecule has 1 aliphatic carbocycles. The summed E-state index contributed by atoms with van der Waals surface area (Å²) in [5.41, 5.74) is -0.455. The zero-order chi connectivity index (χ0) is 21.1. The van der Waals surface area contributed by atoms with Crippen molar-refractivity contribution in [1.82, 2.24) is 15.6 Å². The molecule has 2 heterocycles. The van der Waals surface area contributed by atoms with Crippen LogP contribution in [-0.4, -0.2) is 34.7 Å². The van der Waals surface area contributed by atoms with Gasteiger partial charge in [0.25, 0.3) is 5.89 Å². The Morgan fingerprint density at radius 2 is 2.00 bits per heavy atom. The van der Waals surface area contributed by atoms with Crippen LogP contribution in [-0.2, 0) is 16.0 Å². The number of nitrogens with one attached hydrogen (secondary N) is 2. The number of alkyl carbamates (subject to hydrolysis) is 1. The Morgan fingerprint density at radius 3 is 2.62 bits per heavy atom. The van der Waals surface area contributed by atoms with E-state index in [0.29, 0.717) is 29.6 Å². The number of amides is 2. The number of ether oxygens (including phenoxy) is 1. The molecule has 1 aliphatic rings. The van der Waals surface area contributed by atoms with E-state index >= 15 is 0 Å². The van der Waals surface area contributed by atoms with Crippen LogP contribution in [0, 0.1) is 6.92 Å². The van der Waals surface area contributed by atoms with E-state index in [1.807, 2.05) is 20.8 Å². The molecule has 0 bridgehead atoms. The molecule has 158 valence electrons. The summed E-state index contributed by atoms with van der Waals surface area (Å²) in [7, 11) is 0. The third-order valence-corrected chi connectivity index (χ3v) is 4.89. The highest BCUT2D eigenvalue weighted by Crippen LogP contribution is 2.29. The molecule has 8 heteroatoms. The Balaban J connectivity index is 1.61. The van der Waals surface area contributed by atoms with Crippen molar-refractivity contribution in [2.24, 2.45) is 0 Å². The second-order valence-corrected chi connectivity index (χ2v) is 8.57. The molecule has 0 radical (unpaired) electrons. The Labute approximate surface area is 170 Å². The molecule has 3 rings (SSSR count). The maximum absolute atomic E-state index is 12.7. The fraction of sp³-hybridized carbons (Fsp3) is 0.571. The Kier molecular flexibility index (Phi) is 6.00. The molecule has 2 aromatic heterocycles. The van der Waals surface area contributed by atoms with Crippen molar-refractivity contribution in [2.75, 3.05) is 6.54 Å². The number of hydrogen-bond donors (Lipinski definition) is 2. The summed E-state index contributed by atoms with van der Waals surface area (Å²) in [6.07, 6.45) is 4.79. The number of rotatable bonds is 6. The summed E-state index contributed by atoms with van der Waals surface area (Å²) in [5, 5.41) is 5.92. The summed E-state index contributed by atoms with van der Waals surface area (Å²) in [6, 6.07) is 3.51. The van der Waals surface area contributed by atoms with Crippen molar-refractivity contribution in [3.8, 4) is 11.7 Å². The van der Waals surface area contributed by atoms with E-state index < -0.39 is 17.2 Å². The van der Waals surface area contributed by atoms with E-state index in [0.717, 1.165) is 25.7 Å². The van der Waals surface area contributed by atoms with Gasteiger partial charge in [0.1, 0.15) is 11.4 Å². The zero-order valence-electron chi connectivity index (χ0n) is 17.5. The third kappa shape index (κ3) is 5.62. The highest BCUT2D eigenvalue weighted by Gasteiger charge is 2.36. The van der Waals surface area contributed by atoms with Crippen LogP contribution in [0.1, 0.15) is 57.9 Å². The van der Waals surface area contributed by atoms with Gasteiger partial charge in [-0.05, 0) is 52.7 Å². The van der Waals surface area contributed by atoms with Crippen molar-refractivity contribution in [1.29, 1.82) is 0 Å². The quantitative estimate of drug-likeness (QED) is 0.761. The maximum Gasteiger partial charge on any atom is 0.407 e. The Morgan fingerprint density at radius 1 is 1.28 bits per heavy atom. The summed E-state index contributed by atoms with van der Waals surface area (Å²) < 4.78 is 16.2. The molecule has 1 saturated carbocycles. The van der Waals surface area contributed by atoms with Crippen molar-refractivity contribution in [3.63, 3.8) is 0 Å². The minimum absolute atomic E-state index is 0.101. The lowest BCUT2D eigenvalue weighted by Crippen LogP contribution is -2.54. The number of oxazole rings is 1. The topological polar surface area (TPSA) is 107 Å². The Bertz CT molecular complexity index is 842. The maximum atomic E-state index is 12.7. The van der Waals surface area contributed by atoms with Crippen molar-refractivity contribution in [3.05, 3.63) is 29.9 Å². The van der Waals surface area contributed by atoms with Gasteiger partial charge in [0, 0.05) is 6.54 Å². The predicted octanol–water partition coefficient (Wildman–Crippen LogP) is 3.74. The van der Waals surface area contributed by atoms with Gasteiger partial charge in [-0.3, -0.25) is 4.79 Å². The van der Waals surface area contributed by atoms with E-state index in [4.69, 9.17) is 13.6 Å². The van der Waals surface area contributed by atoms with Gasteiger partial charge in [0.15, 0.2) is 5.76 Å². The monoisotopic (exact) mass is 403 g/mol. The smallest absolute Gasteiger partial charge is 0.407 e. The minimum atomic E-state index is -0.563. The van der Waals surface area contributed by atoms with Gasteiger partial charge in [0.05, 0.1) is 23.9 Å². The molecule has 0 atom stereocenters. The molecule has 1 fully saturated rings. The molecule has 0 unspecified atom stereocenters. The van der Waals surface area contributed by atoms with E-state index in [9.17, 15) is 9.59 Å². The molecule has 2 N–H and O–H groups in total. The molecule has 8 nitrogen and oxygen atoms in total. The lowest BCUT2D eigenvalue weighted by atomic mass is 9.97. The number of nitrogens with zero attached hydrogens (tertiary/aromatic N) is 1. The fourth-order valence-electron chi connectivity index (χ4n) is 3.54. The van der Waals surface area contributed by atoms with Crippen LogP contribution in [0.15, 0.2) is 27.2 Å². The SMILES string of the molecule is Cc1oc(-c2ccco2)nc1CC(=O)NC1(CNC(=O)OC(C)(C)C)CCCC1. The standard InChI is InChI=1S/C21H29N3O5/c1-14-15(23-18(28-14)16-8-7-11-27-16)12-17(25)24-21(9-5-6-10-21)13-22-19(26)29-20(2,3)4/h7-8,11H,5-6,9-10,12-13H2,1-4H3,(H,22,26)(H,24,25). The van der Waals surface area contributed by atoms with Crippen LogP contribution in [0.3, 0.4) is 0 Å². The Hall–Kier alpha value is -2.77. The van der Waals surface area contributed by atoms with E-state index in [1.165, 1.54) is 0 Å². The number of hydrogen-bond acceptors (Lipinski definition) is 6. The van der Waals surface area contributed by atoms with E-state index in [-0.39, 0.29) is 12.3 Å². The predicted molar refractivity (Wildman–Crippen MR) is 106 cm³/mol. The van der Waals surface area contributed by atoms with E-state index in [2.05, 4.69) is 15.6 Å². The molecule has 2 amide bonds. The van der Waals surface area contributed by atoms with Crippen molar-refractivity contribution >= 4 is 12.0 Å². The van der Waals surface area contributed by atoms with Crippen LogP contribution >= 0.6 is 0 Å². The van der Waals surface area contributed by atoms with Crippen LogP contribution < -0.4 is 10.6 Å². The second-order valence-electron chi connectivity index (χ2n) is 8.57. The van der Waals surface area contributed by atoms with Gasteiger partial charge in [0.2, 0.25) is 5.91 Å². The highest BCUT2D eigenvalue weighted by molar-refractivity contribution is 5.79. The van der Waals surface area contributed by atoms with Crippen molar-refractivity contribution < 1.29 is 23.2 Å². The molecular formula is C21H29N3O5. The lowest BCUT2D eigenvalue weighted by molar-refractivity contribution is -0.122. The van der Waals surface area contributed by atoms with Gasteiger partial charge < -0.3 is 24.2 Å². The first-order valence-corrected chi connectivity index (χ1v) is 9.94. The summed E-state index contributed by atoms with van der Waals surface area (Å²) in [6.45, 7) is 7.56. The highest BCUT2D eigenvalue weighted by atomic mass is 16.6. The lowest BCUT2D eigenvalue weighted by Gasteiger charge is -2.31. The largest absolute Gasteiger partial charge is 0.459 e. The normalized spacial score (nSPS) is 15.9. The van der Waals surface area contributed by atoms with Gasteiger partial charge in [-0.15, -0.1) is 0 Å².